The van der Waals surface area contributed by atoms with E-state index in [1.165, 1.54) is 24.0 Å². The third kappa shape index (κ3) is 7.70. The molecule has 0 aliphatic carbocycles. The molecular weight excluding hydrogens is 358 g/mol. The van der Waals surface area contributed by atoms with Crippen LogP contribution < -0.4 is 0 Å². The molecule has 1 aromatic heterocycles. The topological polar surface area (TPSA) is 37.9 Å². The Morgan fingerprint density at radius 2 is 1.96 bits per heavy atom. The van der Waals surface area contributed by atoms with Gasteiger partial charge in [0.1, 0.15) is 5.82 Å². The van der Waals surface area contributed by atoms with Gasteiger partial charge in [0.25, 0.3) is 0 Å². The quantitative estimate of drug-likeness (QED) is 0.410. The maximum Gasteiger partial charge on any atom is 0.137 e. The molecule has 5 heteroatoms. The second-order valence-electron chi connectivity index (χ2n) is 7.37. The number of rotatable bonds is 10. The number of ether oxygens (including phenoxy) is 1. The summed E-state index contributed by atoms with van der Waals surface area (Å²) in [6.07, 6.45) is 10.3. The first-order valence-electron chi connectivity index (χ1n) is 9.29. The van der Waals surface area contributed by atoms with Crippen LogP contribution in [0.15, 0.2) is 48.3 Å². The lowest BCUT2D eigenvalue weighted by molar-refractivity contribution is 0.0775. The van der Waals surface area contributed by atoms with E-state index in [2.05, 4.69) is 79.6 Å². The molecular formula is C21H32N2OP2. The standard InChI is InChI=1S/C21H32N2OP2/c1-16(2)5-4-6-17(3)11-14-24-21(25,26)15-18-7-9-19(10-8-18)20-22-12-13-23-20/h5,7-10,12-13,17H,4,6,11,14-15,25-26H2,1-3H3,(H,22,23)/t17-/m0/s1. The molecule has 3 nitrogen and oxygen atoms in total. The van der Waals surface area contributed by atoms with Crippen molar-refractivity contribution in [2.45, 2.75) is 51.5 Å². The average Bonchev–Trinajstić information content (AvgIpc) is 3.09. The number of hydrogen-bond acceptors (Lipinski definition) is 2. The molecule has 0 aliphatic heterocycles. The van der Waals surface area contributed by atoms with Crippen molar-refractivity contribution in [1.82, 2.24) is 9.97 Å². The molecule has 0 amide bonds. The van der Waals surface area contributed by atoms with Crippen molar-refractivity contribution in [3.8, 4) is 11.4 Å². The molecule has 2 aromatic rings. The molecule has 0 radical (unpaired) electrons. The van der Waals surface area contributed by atoms with Gasteiger partial charge in [0.15, 0.2) is 0 Å². The fraction of sp³-hybridized carbons (Fsp3) is 0.476. The molecule has 3 atom stereocenters. The molecule has 2 rings (SSSR count). The maximum atomic E-state index is 6.13. The fourth-order valence-electron chi connectivity index (χ4n) is 2.82. The zero-order chi connectivity index (χ0) is 19.0. The first-order chi connectivity index (χ1) is 12.4. The van der Waals surface area contributed by atoms with Gasteiger partial charge >= 0.3 is 0 Å². The van der Waals surface area contributed by atoms with E-state index in [1.54, 1.807) is 6.20 Å². The summed E-state index contributed by atoms with van der Waals surface area (Å²) < 4.78 is 6.13. The van der Waals surface area contributed by atoms with Crippen molar-refractivity contribution in [2.24, 2.45) is 5.92 Å². The highest BCUT2D eigenvalue weighted by Crippen LogP contribution is 2.33. The summed E-state index contributed by atoms with van der Waals surface area (Å²) in [5.74, 6) is 1.59. The number of H-pyrrole nitrogens is 1. The number of nitrogens with one attached hydrogen (secondary N) is 1. The smallest absolute Gasteiger partial charge is 0.137 e. The van der Waals surface area contributed by atoms with Gasteiger partial charge in [-0.25, -0.2) is 4.98 Å². The second-order valence-corrected chi connectivity index (χ2v) is 9.99. The van der Waals surface area contributed by atoms with Gasteiger partial charge in [0.2, 0.25) is 0 Å². The van der Waals surface area contributed by atoms with Crippen LogP contribution in [0.1, 0.15) is 45.6 Å². The highest BCUT2D eigenvalue weighted by molar-refractivity contribution is 7.39. The number of hydrogen-bond donors (Lipinski definition) is 1. The number of benzene rings is 1. The van der Waals surface area contributed by atoms with E-state index < -0.39 is 0 Å². The summed E-state index contributed by atoms with van der Waals surface area (Å²) >= 11 is 0. The minimum Gasteiger partial charge on any atom is -0.367 e. The van der Waals surface area contributed by atoms with Crippen LogP contribution in [0.25, 0.3) is 11.4 Å². The minimum atomic E-state index is -0.314. The third-order valence-electron chi connectivity index (χ3n) is 4.40. The van der Waals surface area contributed by atoms with Crippen LogP contribution in [0, 0.1) is 5.92 Å². The summed E-state index contributed by atoms with van der Waals surface area (Å²) in [6, 6.07) is 8.49. The van der Waals surface area contributed by atoms with Crippen LogP contribution in [0.4, 0.5) is 0 Å². The third-order valence-corrected chi connectivity index (χ3v) is 5.14. The van der Waals surface area contributed by atoms with E-state index in [0.717, 1.165) is 30.8 Å². The van der Waals surface area contributed by atoms with Gasteiger partial charge in [0.05, 0.1) is 5.08 Å². The highest BCUT2D eigenvalue weighted by Gasteiger charge is 2.20. The molecule has 0 saturated heterocycles. The Hall–Kier alpha value is -1.01. The number of aromatic amines is 1. The Kier molecular flexibility index (Phi) is 8.48. The zero-order valence-corrected chi connectivity index (χ0v) is 18.5. The predicted octanol–water partition coefficient (Wildman–Crippen LogP) is 5.81. The lowest BCUT2D eigenvalue weighted by atomic mass is 10.0. The monoisotopic (exact) mass is 390 g/mol. The minimum absolute atomic E-state index is 0.314. The molecule has 1 heterocycles. The van der Waals surface area contributed by atoms with Gasteiger partial charge in [-0.1, -0.05) is 61.3 Å². The van der Waals surface area contributed by atoms with Crippen molar-refractivity contribution in [1.29, 1.82) is 0 Å². The van der Waals surface area contributed by atoms with Gasteiger partial charge in [0, 0.05) is 31.0 Å². The Balaban J connectivity index is 1.76. The van der Waals surface area contributed by atoms with Crippen molar-refractivity contribution < 1.29 is 4.74 Å². The Bertz CT molecular complexity index is 675. The SMILES string of the molecule is CC(C)=CCC[C@H](C)CCOC(P)(P)Cc1ccc(-c2ncc[nH]2)cc1. The van der Waals surface area contributed by atoms with Crippen LogP contribution in [0.2, 0.25) is 0 Å². The molecule has 0 bridgehead atoms. The van der Waals surface area contributed by atoms with Crippen LogP contribution in [0.5, 0.6) is 0 Å². The molecule has 2 unspecified atom stereocenters. The first kappa shape index (κ1) is 21.3. The lowest BCUT2D eigenvalue weighted by Gasteiger charge is -2.26. The summed E-state index contributed by atoms with van der Waals surface area (Å²) in [5.41, 5.74) is 3.75. The number of imidazole rings is 1. The Labute approximate surface area is 162 Å². The van der Waals surface area contributed by atoms with Gasteiger partial charge in [-0.05, 0) is 44.6 Å². The van der Waals surface area contributed by atoms with E-state index in [4.69, 9.17) is 4.74 Å². The average molecular weight is 390 g/mol. The van der Waals surface area contributed by atoms with Crippen molar-refractivity contribution in [3.05, 3.63) is 53.9 Å². The second kappa shape index (κ2) is 10.4. The first-order valence-corrected chi connectivity index (χ1v) is 10.4. The predicted molar refractivity (Wildman–Crippen MR) is 118 cm³/mol. The summed E-state index contributed by atoms with van der Waals surface area (Å²) in [6.45, 7) is 7.41. The molecule has 26 heavy (non-hydrogen) atoms. The highest BCUT2D eigenvalue weighted by atomic mass is 31.1. The number of aromatic nitrogens is 2. The summed E-state index contributed by atoms with van der Waals surface area (Å²) in [5, 5.41) is -0.314. The van der Waals surface area contributed by atoms with Crippen LogP contribution in [-0.4, -0.2) is 21.7 Å². The van der Waals surface area contributed by atoms with Gasteiger partial charge in [-0.15, -0.1) is 0 Å². The van der Waals surface area contributed by atoms with E-state index in [9.17, 15) is 0 Å². The maximum absolute atomic E-state index is 6.13. The molecule has 0 aliphatic rings. The zero-order valence-electron chi connectivity index (χ0n) is 16.2. The van der Waals surface area contributed by atoms with E-state index in [0.29, 0.717) is 5.92 Å². The Morgan fingerprint density at radius 1 is 1.23 bits per heavy atom. The fourth-order valence-corrected chi connectivity index (χ4v) is 3.53. The molecule has 0 saturated carbocycles. The lowest BCUT2D eigenvalue weighted by Crippen LogP contribution is -2.21. The number of allylic oxidation sites excluding steroid dienone is 2. The van der Waals surface area contributed by atoms with E-state index in [1.807, 2.05) is 6.20 Å². The summed E-state index contributed by atoms with van der Waals surface area (Å²) in [7, 11) is 5.68. The molecule has 1 aromatic carbocycles. The number of nitrogens with zero attached hydrogens (tertiary/aromatic N) is 1. The van der Waals surface area contributed by atoms with Crippen molar-refractivity contribution in [3.63, 3.8) is 0 Å². The molecule has 0 fully saturated rings. The normalized spacial score (nSPS) is 12.8. The molecule has 1 N–H and O–H groups in total. The van der Waals surface area contributed by atoms with Crippen LogP contribution >= 0.6 is 18.5 Å². The van der Waals surface area contributed by atoms with Gasteiger partial charge < -0.3 is 9.72 Å². The van der Waals surface area contributed by atoms with Crippen LogP contribution in [0.3, 0.4) is 0 Å². The largest absolute Gasteiger partial charge is 0.367 e. The van der Waals surface area contributed by atoms with Gasteiger partial charge in [-0.3, -0.25) is 0 Å². The van der Waals surface area contributed by atoms with E-state index in [-0.39, 0.29) is 5.08 Å². The van der Waals surface area contributed by atoms with E-state index >= 15 is 0 Å². The summed E-state index contributed by atoms with van der Waals surface area (Å²) in [4.78, 5) is 7.42. The van der Waals surface area contributed by atoms with Crippen LogP contribution in [-0.2, 0) is 11.2 Å². The Morgan fingerprint density at radius 3 is 2.58 bits per heavy atom. The molecule has 0 spiro atoms. The molecule has 142 valence electrons. The van der Waals surface area contributed by atoms with Crippen molar-refractivity contribution >= 4 is 18.5 Å². The van der Waals surface area contributed by atoms with Gasteiger partial charge in [-0.2, -0.15) is 0 Å². The van der Waals surface area contributed by atoms with Crippen molar-refractivity contribution in [2.75, 3.05) is 6.61 Å².